The Morgan fingerprint density at radius 1 is 1.44 bits per heavy atom. The van der Waals surface area contributed by atoms with Gasteiger partial charge in [-0.25, -0.2) is 0 Å². The van der Waals surface area contributed by atoms with E-state index in [9.17, 15) is 0 Å². The molecule has 3 nitrogen and oxygen atoms in total. The van der Waals surface area contributed by atoms with E-state index in [2.05, 4.69) is 16.5 Å². The summed E-state index contributed by atoms with van der Waals surface area (Å²) < 4.78 is 1.87. The maximum atomic E-state index is 4.38. The van der Waals surface area contributed by atoms with Crippen molar-refractivity contribution in [3.63, 3.8) is 0 Å². The van der Waals surface area contributed by atoms with Gasteiger partial charge in [0.05, 0.1) is 5.69 Å². The average molecular weight is 219 g/mol. The molecule has 1 heterocycles. The van der Waals surface area contributed by atoms with Gasteiger partial charge in [0.2, 0.25) is 0 Å². The standard InChI is InChI=1S/C13H21N3/c1-16-5-4-13(15-16)9-14-8-12-7-10-2-3-11(12)6-10/h4-5,10-12,14H,2-3,6-9H2,1H3. The molecule has 88 valence electrons. The Balaban J connectivity index is 1.44. The second kappa shape index (κ2) is 4.21. The lowest BCUT2D eigenvalue weighted by Gasteiger charge is -2.21. The molecule has 0 saturated heterocycles. The summed E-state index contributed by atoms with van der Waals surface area (Å²) in [6.07, 6.45) is 7.98. The molecular formula is C13H21N3. The van der Waals surface area contributed by atoms with Crippen LogP contribution in [0.3, 0.4) is 0 Å². The summed E-state index contributed by atoms with van der Waals surface area (Å²) in [6.45, 7) is 2.12. The van der Waals surface area contributed by atoms with E-state index in [0.29, 0.717) is 0 Å². The Hall–Kier alpha value is -0.830. The normalized spacial score (nSPS) is 32.4. The zero-order chi connectivity index (χ0) is 11.0. The molecule has 3 atom stereocenters. The van der Waals surface area contributed by atoms with Crippen molar-refractivity contribution < 1.29 is 0 Å². The van der Waals surface area contributed by atoms with Crippen LogP contribution < -0.4 is 5.32 Å². The van der Waals surface area contributed by atoms with Crippen LogP contribution in [0.5, 0.6) is 0 Å². The molecule has 0 aromatic carbocycles. The smallest absolute Gasteiger partial charge is 0.0762 e. The highest BCUT2D eigenvalue weighted by Crippen LogP contribution is 2.47. The Kier molecular flexibility index (Phi) is 2.72. The molecule has 1 N–H and O–H groups in total. The van der Waals surface area contributed by atoms with E-state index in [-0.39, 0.29) is 0 Å². The summed E-state index contributed by atoms with van der Waals surface area (Å²) in [5.74, 6) is 3.04. The summed E-state index contributed by atoms with van der Waals surface area (Å²) in [4.78, 5) is 0. The van der Waals surface area contributed by atoms with Crippen LogP contribution in [0, 0.1) is 17.8 Å². The third-order valence-corrected chi connectivity index (χ3v) is 4.37. The third-order valence-electron chi connectivity index (χ3n) is 4.37. The van der Waals surface area contributed by atoms with Gasteiger partial charge in [0.1, 0.15) is 0 Å². The fourth-order valence-corrected chi connectivity index (χ4v) is 3.57. The van der Waals surface area contributed by atoms with Crippen molar-refractivity contribution in [2.75, 3.05) is 6.54 Å². The minimum Gasteiger partial charge on any atom is -0.311 e. The fourth-order valence-electron chi connectivity index (χ4n) is 3.57. The van der Waals surface area contributed by atoms with Gasteiger partial charge in [-0.2, -0.15) is 5.10 Å². The van der Waals surface area contributed by atoms with Crippen molar-refractivity contribution in [1.82, 2.24) is 15.1 Å². The molecule has 3 heteroatoms. The molecule has 0 amide bonds. The van der Waals surface area contributed by atoms with Gasteiger partial charge >= 0.3 is 0 Å². The average Bonchev–Trinajstić information content (AvgIpc) is 2.94. The first-order valence-electron chi connectivity index (χ1n) is 6.50. The van der Waals surface area contributed by atoms with Crippen molar-refractivity contribution >= 4 is 0 Å². The number of rotatable bonds is 4. The van der Waals surface area contributed by atoms with Gasteiger partial charge in [-0.15, -0.1) is 0 Å². The maximum absolute atomic E-state index is 4.38. The minimum atomic E-state index is 0.925. The number of nitrogens with zero attached hydrogens (tertiary/aromatic N) is 2. The van der Waals surface area contributed by atoms with E-state index < -0.39 is 0 Å². The lowest BCUT2D eigenvalue weighted by atomic mass is 9.89. The van der Waals surface area contributed by atoms with Crippen LogP contribution in [0.15, 0.2) is 12.3 Å². The molecule has 2 bridgehead atoms. The van der Waals surface area contributed by atoms with Gasteiger partial charge < -0.3 is 5.32 Å². The van der Waals surface area contributed by atoms with E-state index in [1.807, 2.05) is 17.9 Å². The second-order valence-electron chi connectivity index (χ2n) is 5.55. The first-order valence-corrected chi connectivity index (χ1v) is 6.50. The Morgan fingerprint density at radius 2 is 2.38 bits per heavy atom. The molecule has 0 spiro atoms. The first kappa shape index (κ1) is 10.3. The fraction of sp³-hybridized carbons (Fsp3) is 0.769. The zero-order valence-corrected chi connectivity index (χ0v) is 10.0. The van der Waals surface area contributed by atoms with Crippen LogP contribution in [0.1, 0.15) is 31.4 Å². The SMILES string of the molecule is Cn1ccc(CNCC2CC3CCC2C3)n1. The Morgan fingerprint density at radius 3 is 3.00 bits per heavy atom. The zero-order valence-electron chi connectivity index (χ0n) is 10.0. The Bertz CT molecular complexity index is 358. The molecular weight excluding hydrogens is 198 g/mol. The van der Waals surface area contributed by atoms with Gasteiger partial charge in [0.15, 0.2) is 0 Å². The van der Waals surface area contributed by atoms with E-state index in [1.54, 1.807) is 0 Å². The van der Waals surface area contributed by atoms with Crippen molar-refractivity contribution in [1.29, 1.82) is 0 Å². The van der Waals surface area contributed by atoms with Gasteiger partial charge in [-0.1, -0.05) is 6.42 Å². The van der Waals surface area contributed by atoms with Crippen molar-refractivity contribution in [2.24, 2.45) is 24.8 Å². The van der Waals surface area contributed by atoms with Crippen LogP contribution in [0.25, 0.3) is 0 Å². The monoisotopic (exact) mass is 219 g/mol. The predicted molar refractivity (Wildman–Crippen MR) is 63.9 cm³/mol. The number of aryl methyl sites for hydroxylation is 1. The number of aromatic nitrogens is 2. The molecule has 1 aromatic rings. The molecule has 3 rings (SSSR count). The van der Waals surface area contributed by atoms with Crippen LogP contribution in [0.4, 0.5) is 0 Å². The van der Waals surface area contributed by atoms with Crippen LogP contribution in [-0.4, -0.2) is 16.3 Å². The van der Waals surface area contributed by atoms with Gasteiger partial charge in [-0.3, -0.25) is 4.68 Å². The molecule has 2 aliphatic rings. The Labute approximate surface area is 97.2 Å². The third kappa shape index (κ3) is 2.01. The molecule has 2 saturated carbocycles. The van der Waals surface area contributed by atoms with Crippen molar-refractivity contribution in [3.05, 3.63) is 18.0 Å². The molecule has 1 aromatic heterocycles. The van der Waals surface area contributed by atoms with Gasteiger partial charge in [0, 0.05) is 19.8 Å². The van der Waals surface area contributed by atoms with Crippen molar-refractivity contribution in [3.8, 4) is 0 Å². The molecule has 3 unspecified atom stereocenters. The van der Waals surface area contributed by atoms with Crippen LogP contribution in [0.2, 0.25) is 0 Å². The van der Waals surface area contributed by atoms with Gasteiger partial charge in [0.25, 0.3) is 0 Å². The lowest BCUT2D eigenvalue weighted by Crippen LogP contribution is -2.26. The maximum Gasteiger partial charge on any atom is 0.0762 e. The largest absolute Gasteiger partial charge is 0.311 e. The number of hydrogen-bond donors (Lipinski definition) is 1. The molecule has 0 aliphatic heterocycles. The lowest BCUT2D eigenvalue weighted by molar-refractivity contribution is 0.318. The first-order chi connectivity index (χ1) is 7.81. The quantitative estimate of drug-likeness (QED) is 0.838. The number of fused-ring (bicyclic) bond motifs is 2. The molecule has 16 heavy (non-hydrogen) atoms. The topological polar surface area (TPSA) is 29.9 Å². The van der Waals surface area contributed by atoms with Crippen molar-refractivity contribution in [2.45, 2.75) is 32.2 Å². The highest BCUT2D eigenvalue weighted by atomic mass is 15.3. The summed E-state index contributed by atoms with van der Waals surface area (Å²) in [5, 5.41) is 7.94. The number of hydrogen-bond acceptors (Lipinski definition) is 2. The highest BCUT2D eigenvalue weighted by Gasteiger charge is 2.38. The molecule has 2 fully saturated rings. The van der Waals surface area contributed by atoms with E-state index >= 15 is 0 Å². The summed E-state index contributed by atoms with van der Waals surface area (Å²) in [6, 6.07) is 2.09. The predicted octanol–water partition coefficient (Wildman–Crippen LogP) is 1.95. The summed E-state index contributed by atoms with van der Waals surface area (Å²) >= 11 is 0. The molecule has 0 radical (unpaired) electrons. The molecule has 2 aliphatic carbocycles. The van der Waals surface area contributed by atoms with E-state index in [1.165, 1.54) is 32.2 Å². The van der Waals surface area contributed by atoms with E-state index in [0.717, 1.165) is 30.0 Å². The van der Waals surface area contributed by atoms with Crippen LogP contribution in [-0.2, 0) is 13.6 Å². The van der Waals surface area contributed by atoms with E-state index in [4.69, 9.17) is 0 Å². The summed E-state index contributed by atoms with van der Waals surface area (Å²) in [5.41, 5.74) is 1.16. The number of nitrogens with one attached hydrogen (secondary N) is 1. The minimum absolute atomic E-state index is 0.925. The van der Waals surface area contributed by atoms with Gasteiger partial charge in [-0.05, 0) is 49.6 Å². The highest BCUT2D eigenvalue weighted by molar-refractivity contribution is 4.98. The van der Waals surface area contributed by atoms with Crippen LogP contribution >= 0.6 is 0 Å². The second-order valence-corrected chi connectivity index (χ2v) is 5.55. The summed E-state index contributed by atoms with van der Waals surface area (Å²) in [7, 11) is 1.97.